The van der Waals surface area contributed by atoms with Gasteiger partial charge in [-0.3, -0.25) is 4.79 Å². The molecule has 2 amide bonds. The fourth-order valence-electron chi connectivity index (χ4n) is 3.25. The second-order valence-electron chi connectivity index (χ2n) is 6.46. The molecule has 1 aliphatic heterocycles. The van der Waals surface area contributed by atoms with Crippen LogP contribution in [0.2, 0.25) is 0 Å². The first-order chi connectivity index (χ1) is 13.6. The Morgan fingerprint density at radius 3 is 2.25 bits per heavy atom. The smallest absolute Gasteiger partial charge is 0.409 e. The van der Waals surface area contributed by atoms with E-state index < -0.39 is 0 Å². The largest absolute Gasteiger partial charge is 0.450 e. The first-order valence-electron chi connectivity index (χ1n) is 9.63. The zero-order chi connectivity index (χ0) is 19.9. The average molecular weight is 382 g/mol. The highest BCUT2D eigenvalue weighted by Crippen LogP contribution is 2.23. The third kappa shape index (κ3) is 4.42. The number of para-hydroxylation sites is 1. The van der Waals surface area contributed by atoms with Crippen molar-refractivity contribution in [1.29, 1.82) is 0 Å². The van der Waals surface area contributed by atoms with Crippen molar-refractivity contribution >= 4 is 23.5 Å². The Morgan fingerprint density at radius 2 is 1.68 bits per heavy atom. The molecule has 148 valence electrons. The first-order valence-corrected chi connectivity index (χ1v) is 9.63. The van der Waals surface area contributed by atoms with E-state index in [4.69, 9.17) is 4.74 Å². The summed E-state index contributed by atoms with van der Waals surface area (Å²) in [6.45, 7) is 6.92. The standard InChI is InChI=1S/C21H26N4O3/c1-3-25(18-8-6-5-7-9-18)19-11-10-17(16-22-19)20(26)23-12-14-24(15-13-23)21(27)28-4-2/h5-11,16H,3-4,12-15H2,1-2H3. The molecule has 0 unspecified atom stereocenters. The maximum atomic E-state index is 12.8. The third-order valence-electron chi connectivity index (χ3n) is 4.75. The van der Waals surface area contributed by atoms with Crippen LogP contribution in [0.5, 0.6) is 0 Å². The minimum Gasteiger partial charge on any atom is -0.450 e. The topological polar surface area (TPSA) is 66.0 Å². The second-order valence-corrected chi connectivity index (χ2v) is 6.46. The molecule has 0 saturated carbocycles. The van der Waals surface area contributed by atoms with Crippen molar-refractivity contribution < 1.29 is 14.3 Å². The van der Waals surface area contributed by atoms with E-state index in [9.17, 15) is 9.59 Å². The summed E-state index contributed by atoms with van der Waals surface area (Å²) in [5.74, 6) is 0.739. The van der Waals surface area contributed by atoms with Gasteiger partial charge in [0.25, 0.3) is 5.91 Å². The number of nitrogens with zero attached hydrogens (tertiary/aromatic N) is 4. The number of carbonyl (C=O) groups excluding carboxylic acids is 2. The normalized spacial score (nSPS) is 13.9. The molecule has 0 spiro atoms. The average Bonchev–Trinajstić information content (AvgIpc) is 2.75. The van der Waals surface area contributed by atoms with Crippen LogP contribution in [0, 0.1) is 0 Å². The number of piperazine rings is 1. The molecule has 28 heavy (non-hydrogen) atoms. The lowest BCUT2D eigenvalue weighted by atomic mass is 10.2. The van der Waals surface area contributed by atoms with Crippen molar-refractivity contribution in [1.82, 2.24) is 14.8 Å². The van der Waals surface area contributed by atoms with Crippen molar-refractivity contribution in [2.45, 2.75) is 13.8 Å². The number of hydrogen-bond acceptors (Lipinski definition) is 5. The fourth-order valence-corrected chi connectivity index (χ4v) is 3.25. The van der Waals surface area contributed by atoms with Crippen LogP contribution in [-0.4, -0.2) is 66.1 Å². The second kappa shape index (κ2) is 9.21. The molecule has 3 rings (SSSR count). The molecule has 7 nitrogen and oxygen atoms in total. The van der Waals surface area contributed by atoms with Gasteiger partial charge >= 0.3 is 6.09 Å². The number of carbonyl (C=O) groups is 2. The Hall–Kier alpha value is -3.09. The lowest BCUT2D eigenvalue weighted by molar-refractivity contribution is 0.0570. The molecule has 0 atom stereocenters. The molecule has 0 aliphatic carbocycles. The van der Waals surface area contributed by atoms with E-state index in [1.807, 2.05) is 42.5 Å². The van der Waals surface area contributed by atoms with E-state index in [1.54, 1.807) is 22.9 Å². The molecule has 1 saturated heterocycles. The van der Waals surface area contributed by atoms with E-state index >= 15 is 0 Å². The number of ether oxygens (including phenoxy) is 1. The molecule has 0 radical (unpaired) electrons. The van der Waals surface area contributed by atoms with E-state index in [1.165, 1.54) is 0 Å². The van der Waals surface area contributed by atoms with Gasteiger partial charge < -0.3 is 19.4 Å². The molecule has 7 heteroatoms. The molecule has 1 aromatic carbocycles. The van der Waals surface area contributed by atoms with Crippen LogP contribution >= 0.6 is 0 Å². The SMILES string of the molecule is CCOC(=O)N1CCN(C(=O)c2ccc(N(CC)c3ccccc3)nc2)CC1. The highest BCUT2D eigenvalue weighted by atomic mass is 16.6. The van der Waals surface area contributed by atoms with Gasteiger partial charge in [0.05, 0.1) is 12.2 Å². The predicted molar refractivity (Wildman–Crippen MR) is 108 cm³/mol. The maximum absolute atomic E-state index is 12.8. The lowest BCUT2D eigenvalue weighted by Gasteiger charge is -2.34. The summed E-state index contributed by atoms with van der Waals surface area (Å²) in [4.78, 5) is 34.5. The van der Waals surface area contributed by atoms with Crippen molar-refractivity contribution in [3.8, 4) is 0 Å². The third-order valence-corrected chi connectivity index (χ3v) is 4.75. The summed E-state index contributed by atoms with van der Waals surface area (Å²) in [5, 5.41) is 0. The van der Waals surface area contributed by atoms with Crippen molar-refractivity contribution in [3.63, 3.8) is 0 Å². The molecule has 1 aromatic heterocycles. The fraction of sp³-hybridized carbons (Fsp3) is 0.381. The molecule has 0 bridgehead atoms. The van der Waals surface area contributed by atoms with Crippen molar-refractivity contribution in [2.75, 3.05) is 44.2 Å². The van der Waals surface area contributed by atoms with Gasteiger partial charge in [-0.2, -0.15) is 0 Å². The number of aromatic nitrogens is 1. The summed E-state index contributed by atoms with van der Waals surface area (Å²) in [5.41, 5.74) is 1.61. The lowest BCUT2D eigenvalue weighted by Crippen LogP contribution is -2.50. The van der Waals surface area contributed by atoms with Crippen LogP contribution < -0.4 is 4.90 Å². The van der Waals surface area contributed by atoms with Gasteiger partial charge in [-0.05, 0) is 38.1 Å². The Kier molecular flexibility index (Phi) is 6.47. The van der Waals surface area contributed by atoms with Gasteiger partial charge in [-0.25, -0.2) is 9.78 Å². The highest BCUT2D eigenvalue weighted by molar-refractivity contribution is 5.94. The van der Waals surface area contributed by atoms with E-state index in [0.717, 1.165) is 18.1 Å². The minimum absolute atomic E-state index is 0.0645. The first kappa shape index (κ1) is 19.7. The number of hydrogen-bond donors (Lipinski definition) is 0. The molecule has 1 aliphatic rings. The van der Waals surface area contributed by atoms with Crippen LogP contribution in [0.3, 0.4) is 0 Å². The van der Waals surface area contributed by atoms with Gasteiger partial charge in [0.15, 0.2) is 0 Å². The van der Waals surface area contributed by atoms with Crippen LogP contribution in [0.25, 0.3) is 0 Å². The Balaban J connectivity index is 1.63. The Bertz CT molecular complexity index is 787. The van der Waals surface area contributed by atoms with Gasteiger partial charge in [0.2, 0.25) is 0 Å². The number of rotatable bonds is 5. The molecular formula is C21H26N4O3. The van der Waals surface area contributed by atoms with Gasteiger partial charge in [0, 0.05) is 44.6 Å². The molecular weight excluding hydrogens is 356 g/mol. The zero-order valence-electron chi connectivity index (χ0n) is 16.4. The zero-order valence-corrected chi connectivity index (χ0v) is 16.4. The van der Waals surface area contributed by atoms with Gasteiger partial charge in [-0.1, -0.05) is 18.2 Å². The number of anilines is 2. The van der Waals surface area contributed by atoms with E-state index in [-0.39, 0.29) is 12.0 Å². The number of pyridine rings is 1. The summed E-state index contributed by atoms with van der Waals surface area (Å²) < 4.78 is 5.01. The minimum atomic E-state index is -0.318. The number of amides is 2. The Morgan fingerprint density at radius 1 is 1.00 bits per heavy atom. The van der Waals surface area contributed by atoms with Crippen LogP contribution in [0.15, 0.2) is 48.7 Å². The monoisotopic (exact) mass is 382 g/mol. The maximum Gasteiger partial charge on any atom is 0.409 e. The van der Waals surface area contributed by atoms with Gasteiger partial charge in [-0.15, -0.1) is 0 Å². The summed E-state index contributed by atoms with van der Waals surface area (Å²) in [6.07, 6.45) is 1.31. The van der Waals surface area contributed by atoms with Gasteiger partial charge in [0.1, 0.15) is 5.82 Å². The van der Waals surface area contributed by atoms with E-state index in [2.05, 4.69) is 16.8 Å². The molecule has 2 aromatic rings. The Labute approximate surface area is 165 Å². The summed E-state index contributed by atoms with van der Waals surface area (Å²) >= 11 is 0. The highest BCUT2D eigenvalue weighted by Gasteiger charge is 2.25. The van der Waals surface area contributed by atoms with Crippen LogP contribution in [0.4, 0.5) is 16.3 Å². The van der Waals surface area contributed by atoms with Crippen LogP contribution in [0.1, 0.15) is 24.2 Å². The van der Waals surface area contributed by atoms with Crippen molar-refractivity contribution in [2.24, 2.45) is 0 Å². The predicted octanol–water partition coefficient (Wildman–Crippen LogP) is 3.15. The molecule has 1 fully saturated rings. The van der Waals surface area contributed by atoms with E-state index in [0.29, 0.717) is 38.3 Å². The summed E-state index contributed by atoms with van der Waals surface area (Å²) in [7, 11) is 0. The molecule has 0 N–H and O–H groups in total. The number of benzene rings is 1. The summed E-state index contributed by atoms with van der Waals surface area (Å²) in [6, 6.07) is 13.7. The molecule has 2 heterocycles. The van der Waals surface area contributed by atoms with Crippen molar-refractivity contribution in [3.05, 3.63) is 54.2 Å². The van der Waals surface area contributed by atoms with Crippen LogP contribution in [-0.2, 0) is 4.74 Å². The quantitative estimate of drug-likeness (QED) is 0.795.